The summed E-state index contributed by atoms with van der Waals surface area (Å²) in [4.78, 5) is 12.7. The van der Waals surface area contributed by atoms with Gasteiger partial charge in [0.1, 0.15) is 0 Å². The van der Waals surface area contributed by atoms with Crippen LogP contribution in [0, 0.1) is 5.41 Å². The van der Waals surface area contributed by atoms with Crippen LogP contribution in [0.15, 0.2) is 29.2 Å². The van der Waals surface area contributed by atoms with E-state index in [4.69, 9.17) is 0 Å². The van der Waals surface area contributed by atoms with Gasteiger partial charge in [-0.25, -0.2) is 0 Å². The van der Waals surface area contributed by atoms with Crippen LogP contribution in [0.3, 0.4) is 0 Å². The number of rotatable bonds is 6. The fourth-order valence-electron chi connectivity index (χ4n) is 1.94. The molecule has 1 aromatic rings. The molecule has 1 atom stereocenters. The molecular formula is C14H19NO3S. The van der Waals surface area contributed by atoms with E-state index in [1.165, 1.54) is 0 Å². The zero-order valence-electron chi connectivity index (χ0n) is 11.0. The molecule has 2 N–H and O–H groups in total. The second kappa shape index (κ2) is 5.84. The molecule has 0 aliphatic heterocycles. The average Bonchev–Trinajstić information content (AvgIpc) is 3.24. The van der Waals surface area contributed by atoms with Gasteiger partial charge in [-0.1, -0.05) is 19.1 Å². The molecule has 2 rings (SSSR count). The normalized spacial score (nSPS) is 17.8. The standard InChI is InChI=1S/C14H19NO3S/c1-2-19(18)12-6-4-3-5-11(12)13(17)15-9-14(10-16)7-8-14/h3-6,16H,2,7-10H2,1H3,(H,15,17). The van der Waals surface area contributed by atoms with Crippen LogP contribution in [-0.4, -0.2) is 34.1 Å². The third-order valence-corrected chi connectivity index (χ3v) is 4.93. The molecule has 0 aromatic heterocycles. The Morgan fingerprint density at radius 2 is 2.11 bits per heavy atom. The van der Waals surface area contributed by atoms with E-state index < -0.39 is 10.8 Å². The first-order chi connectivity index (χ1) is 9.12. The highest BCUT2D eigenvalue weighted by Crippen LogP contribution is 2.44. The lowest BCUT2D eigenvalue weighted by Crippen LogP contribution is -2.32. The summed E-state index contributed by atoms with van der Waals surface area (Å²) in [5.74, 6) is 0.280. The number of nitrogens with one attached hydrogen (secondary N) is 1. The number of aliphatic hydroxyl groups excluding tert-OH is 1. The second-order valence-electron chi connectivity index (χ2n) is 4.97. The molecule has 0 radical (unpaired) electrons. The van der Waals surface area contributed by atoms with Gasteiger partial charge in [0.15, 0.2) is 0 Å². The van der Waals surface area contributed by atoms with Crippen molar-refractivity contribution in [3.8, 4) is 0 Å². The predicted octanol–water partition coefficient (Wildman–Crippen LogP) is 1.32. The highest BCUT2D eigenvalue weighted by atomic mass is 32.2. The predicted molar refractivity (Wildman–Crippen MR) is 74.5 cm³/mol. The minimum absolute atomic E-state index is 0.107. The Morgan fingerprint density at radius 1 is 1.42 bits per heavy atom. The Kier molecular flexibility index (Phi) is 4.37. The van der Waals surface area contributed by atoms with Crippen molar-refractivity contribution < 1.29 is 14.1 Å². The molecule has 1 fully saturated rings. The molecule has 0 heterocycles. The lowest BCUT2D eigenvalue weighted by molar-refractivity contribution is 0.0932. The quantitative estimate of drug-likeness (QED) is 0.826. The molecule has 1 aromatic carbocycles. The summed E-state index contributed by atoms with van der Waals surface area (Å²) < 4.78 is 11.9. The summed E-state index contributed by atoms with van der Waals surface area (Å²) >= 11 is 0. The van der Waals surface area contributed by atoms with E-state index in [1.54, 1.807) is 24.3 Å². The van der Waals surface area contributed by atoms with Gasteiger partial charge in [-0.2, -0.15) is 0 Å². The van der Waals surface area contributed by atoms with Crippen LogP contribution in [0.25, 0.3) is 0 Å². The van der Waals surface area contributed by atoms with Gasteiger partial charge in [-0.15, -0.1) is 0 Å². The van der Waals surface area contributed by atoms with Crippen molar-refractivity contribution in [2.45, 2.75) is 24.7 Å². The SMILES string of the molecule is CCS(=O)c1ccccc1C(=O)NCC1(CO)CC1. The number of amides is 1. The number of benzene rings is 1. The third kappa shape index (κ3) is 3.22. The Labute approximate surface area is 115 Å². The monoisotopic (exact) mass is 281 g/mol. The minimum Gasteiger partial charge on any atom is -0.396 e. The lowest BCUT2D eigenvalue weighted by atomic mass is 10.1. The Morgan fingerprint density at radius 3 is 2.68 bits per heavy atom. The number of hydrogen-bond acceptors (Lipinski definition) is 3. The highest BCUT2D eigenvalue weighted by molar-refractivity contribution is 7.85. The van der Waals surface area contributed by atoms with E-state index >= 15 is 0 Å². The van der Waals surface area contributed by atoms with Crippen LogP contribution in [0.5, 0.6) is 0 Å². The fourth-order valence-corrected chi connectivity index (χ4v) is 2.89. The van der Waals surface area contributed by atoms with Crippen LogP contribution in [0.1, 0.15) is 30.1 Å². The third-order valence-electron chi connectivity index (χ3n) is 3.56. The highest BCUT2D eigenvalue weighted by Gasteiger charge is 2.42. The van der Waals surface area contributed by atoms with E-state index in [2.05, 4.69) is 5.32 Å². The maximum atomic E-state index is 12.1. The molecule has 1 aliphatic rings. The molecule has 19 heavy (non-hydrogen) atoms. The zero-order chi connectivity index (χ0) is 13.9. The van der Waals surface area contributed by atoms with Gasteiger partial charge < -0.3 is 10.4 Å². The second-order valence-corrected chi connectivity index (χ2v) is 6.68. The Hall–Kier alpha value is -1.20. The van der Waals surface area contributed by atoms with Gasteiger partial charge in [-0.3, -0.25) is 9.00 Å². The van der Waals surface area contributed by atoms with Gasteiger partial charge in [0.2, 0.25) is 0 Å². The minimum atomic E-state index is -1.14. The van der Waals surface area contributed by atoms with Crippen molar-refractivity contribution >= 4 is 16.7 Å². The number of carbonyl (C=O) groups excluding carboxylic acids is 1. The molecule has 5 heteroatoms. The zero-order valence-corrected chi connectivity index (χ0v) is 11.8. The first kappa shape index (κ1) is 14.2. The van der Waals surface area contributed by atoms with Gasteiger partial charge in [0, 0.05) is 17.7 Å². The molecule has 1 unspecified atom stereocenters. The number of carbonyl (C=O) groups is 1. The molecule has 4 nitrogen and oxygen atoms in total. The Bertz CT molecular complexity index is 497. The van der Waals surface area contributed by atoms with Crippen molar-refractivity contribution in [3.05, 3.63) is 29.8 Å². The van der Waals surface area contributed by atoms with Crippen LogP contribution in [0.2, 0.25) is 0 Å². The summed E-state index contributed by atoms with van der Waals surface area (Å²) in [5.41, 5.74) is 0.352. The molecule has 1 saturated carbocycles. The van der Waals surface area contributed by atoms with Crippen LogP contribution in [0.4, 0.5) is 0 Å². The van der Waals surface area contributed by atoms with Crippen molar-refractivity contribution in [1.82, 2.24) is 5.32 Å². The molecule has 0 spiro atoms. The number of aliphatic hydroxyl groups is 1. The average molecular weight is 281 g/mol. The summed E-state index contributed by atoms with van der Waals surface area (Å²) in [5, 5.41) is 12.1. The van der Waals surface area contributed by atoms with E-state index in [9.17, 15) is 14.1 Å². The summed E-state index contributed by atoms with van der Waals surface area (Å²) in [6.45, 7) is 2.42. The van der Waals surface area contributed by atoms with Crippen molar-refractivity contribution in [1.29, 1.82) is 0 Å². The lowest BCUT2D eigenvalue weighted by Gasteiger charge is -2.14. The van der Waals surface area contributed by atoms with Crippen LogP contribution in [-0.2, 0) is 10.8 Å². The maximum absolute atomic E-state index is 12.1. The molecular weight excluding hydrogens is 262 g/mol. The Balaban J connectivity index is 2.08. The molecule has 1 aliphatic carbocycles. The first-order valence-electron chi connectivity index (χ1n) is 6.48. The van der Waals surface area contributed by atoms with Gasteiger partial charge in [0.25, 0.3) is 5.91 Å². The summed E-state index contributed by atoms with van der Waals surface area (Å²) in [6, 6.07) is 6.98. The molecule has 104 valence electrons. The van der Waals surface area contributed by atoms with E-state index in [1.807, 2.05) is 6.92 Å². The smallest absolute Gasteiger partial charge is 0.252 e. The van der Waals surface area contributed by atoms with Crippen LogP contribution >= 0.6 is 0 Å². The summed E-state index contributed by atoms with van der Waals surface area (Å²) in [6.07, 6.45) is 1.90. The molecule has 0 bridgehead atoms. The van der Waals surface area contributed by atoms with Crippen LogP contribution < -0.4 is 5.32 Å². The van der Waals surface area contributed by atoms with Gasteiger partial charge in [0.05, 0.1) is 27.9 Å². The van der Waals surface area contributed by atoms with E-state index in [0.717, 1.165) is 12.8 Å². The van der Waals surface area contributed by atoms with E-state index in [0.29, 0.717) is 22.8 Å². The summed E-state index contributed by atoms with van der Waals surface area (Å²) in [7, 11) is -1.14. The topological polar surface area (TPSA) is 66.4 Å². The molecule has 1 amide bonds. The molecule has 0 saturated heterocycles. The van der Waals surface area contributed by atoms with E-state index in [-0.39, 0.29) is 17.9 Å². The maximum Gasteiger partial charge on any atom is 0.252 e. The van der Waals surface area contributed by atoms with Crippen molar-refractivity contribution in [2.75, 3.05) is 18.9 Å². The van der Waals surface area contributed by atoms with Crippen molar-refractivity contribution in [3.63, 3.8) is 0 Å². The van der Waals surface area contributed by atoms with Gasteiger partial charge in [-0.05, 0) is 25.0 Å². The van der Waals surface area contributed by atoms with Crippen molar-refractivity contribution in [2.24, 2.45) is 5.41 Å². The largest absolute Gasteiger partial charge is 0.396 e. The first-order valence-corrected chi connectivity index (χ1v) is 7.80. The fraction of sp³-hybridized carbons (Fsp3) is 0.500. The van der Waals surface area contributed by atoms with Gasteiger partial charge >= 0.3 is 0 Å². The number of hydrogen-bond donors (Lipinski definition) is 2.